The van der Waals surface area contributed by atoms with Crippen LogP contribution in [0.3, 0.4) is 0 Å². The molecule has 0 radical (unpaired) electrons. The molecule has 1 aromatic carbocycles. The van der Waals surface area contributed by atoms with Crippen LogP contribution in [0.25, 0.3) is 5.69 Å². The summed E-state index contributed by atoms with van der Waals surface area (Å²) in [6, 6.07) is 4.12. The van der Waals surface area contributed by atoms with Gasteiger partial charge in [-0.3, -0.25) is 5.43 Å². The highest BCUT2D eigenvalue weighted by Gasteiger charge is 2.31. The second-order valence-electron chi connectivity index (χ2n) is 5.56. The van der Waals surface area contributed by atoms with Crippen molar-refractivity contribution in [2.75, 3.05) is 5.43 Å². The molecule has 0 aliphatic heterocycles. The Morgan fingerprint density at radius 1 is 1.25 bits per heavy atom. The van der Waals surface area contributed by atoms with Crippen LogP contribution in [-0.4, -0.2) is 15.5 Å². The molecule has 8 heteroatoms. The molecule has 0 saturated heterocycles. The smallest absolute Gasteiger partial charge is 0.260 e. The monoisotopic (exact) mass is 335 g/mol. The van der Waals surface area contributed by atoms with Crippen LogP contribution in [-0.2, 0) is 6.18 Å². The average Bonchev–Trinajstić information content (AvgIpc) is 2.86. The van der Waals surface area contributed by atoms with Gasteiger partial charge in [0.2, 0.25) is 0 Å². The number of hydrogen-bond acceptors (Lipinski definition) is 4. The molecule has 0 saturated carbocycles. The van der Waals surface area contributed by atoms with Crippen molar-refractivity contribution >= 4 is 11.5 Å². The van der Waals surface area contributed by atoms with Crippen molar-refractivity contribution in [1.29, 1.82) is 5.26 Å². The minimum atomic E-state index is -4.42. The van der Waals surface area contributed by atoms with Crippen LogP contribution < -0.4 is 5.43 Å². The molecule has 1 N–H and O–H groups in total. The van der Waals surface area contributed by atoms with Gasteiger partial charge in [-0.2, -0.15) is 28.6 Å². The first-order valence-electron chi connectivity index (χ1n) is 7.09. The summed E-state index contributed by atoms with van der Waals surface area (Å²) in [6.45, 7) is 6.69. The van der Waals surface area contributed by atoms with E-state index in [0.717, 1.165) is 17.8 Å². The third-order valence-corrected chi connectivity index (χ3v) is 3.31. The van der Waals surface area contributed by atoms with E-state index in [1.807, 2.05) is 6.07 Å². The summed E-state index contributed by atoms with van der Waals surface area (Å²) in [7, 11) is 0. The second kappa shape index (κ2) is 6.35. The largest absolute Gasteiger partial charge is 0.416 e. The van der Waals surface area contributed by atoms with Gasteiger partial charge in [0.25, 0.3) is 0 Å². The third-order valence-electron chi connectivity index (χ3n) is 3.31. The fourth-order valence-corrected chi connectivity index (χ4v) is 2.33. The molecule has 24 heavy (non-hydrogen) atoms. The number of anilines is 1. The SMILES string of the molecule is CC(C)=NNc1c(C#N)cnn1-c1c(C)cc(C(F)(F)F)cc1C. The standard InChI is InChI=1S/C16H16F3N5/c1-9(2)22-23-15-12(7-20)8-21-24(15)14-10(3)5-13(6-11(14)4)16(17,18)19/h5-6,8,23H,1-4H3. The zero-order chi connectivity index (χ0) is 18.1. The first-order chi connectivity index (χ1) is 11.1. The van der Waals surface area contributed by atoms with Gasteiger partial charge < -0.3 is 0 Å². The van der Waals surface area contributed by atoms with Crippen LogP contribution in [0.2, 0.25) is 0 Å². The van der Waals surface area contributed by atoms with Crippen molar-refractivity contribution < 1.29 is 13.2 Å². The van der Waals surface area contributed by atoms with Gasteiger partial charge in [-0.15, -0.1) is 0 Å². The number of alkyl halides is 3. The first kappa shape index (κ1) is 17.5. The van der Waals surface area contributed by atoms with Gasteiger partial charge in [-0.1, -0.05) is 0 Å². The number of aryl methyl sites for hydroxylation is 2. The Morgan fingerprint density at radius 2 is 1.83 bits per heavy atom. The quantitative estimate of drug-likeness (QED) is 0.676. The maximum Gasteiger partial charge on any atom is 0.416 e. The molecular formula is C16H16F3N5. The number of nitrogens with zero attached hydrogens (tertiary/aromatic N) is 4. The lowest BCUT2D eigenvalue weighted by Gasteiger charge is -2.16. The van der Waals surface area contributed by atoms with Crippen molar-refractivity contribution in [3.63, 3.8) is 0 Å². The van der Waals surface area contributed by atoms with Gasteiger partial charge in [0.1, 0.15) is 11.6 Å². The lowest BCUT2D eigenvalue weighted by Crippen LogP contribution is -2.11. The van der Waals surface area contributed by atoms with Crippen molar-refractivity contribution in [2.45, 2.75) is 33.9 Å². The van der Waals surface area contributed by atoms with Crippen LogP contribution in [0.15, 0.2) is 23.4 Å². The molecule has 2 rings (SSSR count). The second-order valence-corrected chi connectivity index (χ2v) is 5.56. The number of nitrogens with one attached hydrogen (secondary N) is 1. The third kappa shape index (κ3) is 3.40. The molecule has 0 amide bonds. The summed E-state index contributed by atoms with van der Waals surface area (Å²) in [5.74, 6) is 0.310. The highest BCUT2D eigenvalue weighted by molar-refractivity contribution is 5.80. The van der Waals surface area contributed by atoms with Crippen molar-refractivity contribution in [3.05, 3.63) is 40.6 Å². The predicted molar refractivity (Wildman–Crippen MR) is 85.2 cm³/mol. The van der Waals surface area contributed by atoms with E-state index in [-0.39, 0.29) is 5.56 Å². The van der Waals surface area contributed by atoms with Gasteiger partial charge in [-0.25, -0.2) is 4.68 Å². The summed E-state index contributed by atoms with van der Waals surface area (Å²) in [6.07, 6.45) is -3.07. The molecule has 1 aromatic heterocycles. The Balaban J connectivity index is 2.63. The van der Waals surface area contributed by atoms with E-state index >= 15 is 0 Å². The Labute approximate surface area is 137 Å². The fraction of sp³-hybridized carbons (Fsp3) is 0.312. The van der Waals surface area contributed by atoms with E-state index < -0.39 is 11.7 Å². The molecule has 0 unspecified atom stereocenters. The Hall–Kier alpha value is -2.82. The molecule has 0 spiro atoms. The molecule has 126 valence electrons. The first-order valence-corrected chi connectivity index (χ1v) is 7.09. The maximum atomic E-state index is 12.9. The predicted octanol–water partition coefficient (Wildman–Crippen LogP) is 4.19. The van der Waals surface area contributed by atoms with Crippen LogP contribution in [0.4, 0.5) is 19.0 Å². The van der Waals surface area contributed by atoms with E-state index in [9.17, 15) is 18.4 Å². The van der Waals surface area contributed by atoms with Crippen LogP contribution >= 0.6 is 0 Å². The number of benzene rings is 1. The molecule has 2 aromatic rings. The maximum absolute atomic E-state index is 12.9. The summed E-state index contributed by atoms with van der Waals surface area (Å²) >= 11 is 0. The lowest BCUT2D eigenvalue weighted by atomic mass is 10.0. The van der Waals surface area contributed by atoms with Gasteiger partial charge in [0, 0.05) is 5.71 Å². The summed E-state index contributed by atoms with van der Waals surface area (Å²) in [5, 5.41) is 17.4. The van der Waals surface area contributed by atoms with Gasteiger partial charge in [0.05, 0.1) is 17.4 Å². The molecule has 0 atom stereocenters. The number of rotatable bonds is 3. The topological polar surface area (TPSA) is 66.0 Å². The Bertz CT molecular complexity index is 813. The Morgan fingerprint density at radius 3 is 2.29 bits per heavy atom. The molecule has 0 bridgehead atoms. The van der Waals surface area contributed by atoms with E-state index in [1.54, 1.807) is 27.7 Å². The summed E-state index contributed by atoms with van der Waals surface area (Å²) < 4.78 is 40.2. The van der Waals surface area contributed by atoms with Crippen LogP contribution in [0.1, 0.15) is 36.1 Å². The summed E-state index contributed by atoms with van der Waals surface area (Å²) in [5.41, 5.74) is 4.29. The van der Waals surface area contributed by atoms with Crippen LogP contribution in [0.5, 0.6) is 0 Å². The number of halogens is 3. The van der Waals surface area contributed by atoms with E-state index in [0.29, 0.717) is 22.6 Å². The highest BCUT2D eigenvalue weighted by Crippen LogP contribution is 2.34. The molecule has 1 heterocycles. The van der Waals surface area contributed by atoms with Crippen molar-refractivity contribution in [1.82, 2.24) is 9.78 Å². The molecule has 0 fully saturated rings. The molecule has 5 nitrogen and oxygen atoms in total. The zero-order valence-electron chi connectivity index (χ0n) is 13.7. The fourth-order valence-electron chi connectivity index (χ4n) is 2.33. The van der Waals surface area contributed by atoms with Gasteiger partial charge >= 0.3 is 6.18 Å². The molecule has 0 aliphatic carbocycles. The number of hydrogen-bond donors (Lipinski definition) is 1. The highest BCUT2D eigenvalue weighted by atomic mass is 19.4. The van der Waals surface area contributed by atoms with Gasteiger partial charge in [-0.05, 0) is 51.0 Å². The van der Waals surface area contributed by atoms with Crippen molar-refractivity contribution in [3.8, 4) is 11.8 Å². The lowest BCUT2D eigenvalue weighted by molar-refractivity contribution is -0.137. The van der Waals surface area contributed by atoms with Gasteiger partial charge in [0.15, 0.2) is 5.82 Å². The van der Waals surface area contributed by atoms with E-state index in [1.165, 1.54) is 10.9 Å². The van der Waals surface area contributed by atoms with E-state index in [4.69, 9.17) is 0 Å². The molecule has 0 aliphatic rings. The summed E-state index contributed by atoms with van der Waals surface area (Å²) in [4.78, 5) is 0. The van der Waals surface area contributed by atoms with E-state index in [2.05, 4.69) is 15.6 Å². The zero-order valence-corrected chi connectivity index (χ0v) is 13.7. The number of hydrazone groups is 1. The minimum Gasteiger partial charge on any atom is -0.260 e. The van der Waals surface area contributed by atoms with Crippen molar-refractivity contribution in [2.24, 2.45) is 5.10 Å². The Kier molecular flexibility index (Phi) is 4.64. The average molecular weight is 335 g/mol. The number of aromatic nitrogens is 2. The minimum absolute atomic E-state index is 0.249. The molecular weight excluding hydrogens is 319 g/mol. The normalized spacial score (nSPS) is 11.1. The number of nitriles is 1. The van der Waals surface area contributed by atoms with Crippen LogP contribution in [0, 0.1) is 25.2 Å².